The topological polar surface area (TPSA) is 58.6 Å². The Kier molecular flexibility index (Phi) is 8.86. The van der Waals surface area contributed by atoms with Crippen molar-refractivity contribution in [2.45, 2.75) is 59.2 Å². The summed E-state index contributed by atoms with van der Waals surface area (Å²) >= 11 is 0. The van der Waals surface area contributed by atoms with Crippen LogP contribution < -0.4 is 10.1 Å². The fourth-order valence-electron chi connectivity index (χ4n) is 3.98. The van der Waals surface area contributed by atoms with Gasteiger partial charge in [0.1, 0.15) is 17.6 Å². The number of ether oxygens (including phenoxy) is 1. The molecule has 2 amide bonds. The van der Waals surface area contributed by atoms with Gasteiger partial charge in [0.15, 0.2) is 6.61 Å². The van der Waals surface area contributed by atoms with Gasteiger partial charge in [-0.2, -0.15) is 0 Å². The second kappa shape index (κ2) is 11.8. The predicted molar refractivity (Wildman–Crippen MR) is 140 cm³/mol. The van der Waals surface area contributed by atoms with Crippen molar-refractivity contribution in [3.63, 3.8) is 0 Å². The molecule has 3 aromatic carbocycles. The van der Waals surface area contributed by atoms with E-state index in [1.165, 1.54) is 17.0 Å². The maximum absolute atomic E-state index is 13.6. The second-order valence-electron chi connectivity index (χ2n) is 10.2. The SMILES string of the molecule is Cc1ccc(OCC(=O)N(Cc2ccc(F)cc2)C(Cc2ccccc2)C(=O)NC(C)(C)C)c(C)c1. The lowest BCUT2D eigenvalue weighted by Crippen LogP contribution is -2.55. The van der Waals surface area contributed by atoms with Crippen LogP contribution in [0.1, 0.15) is 43.0 Å². The van der Waals surface area contributed by atoms with Crippen molar-refractivity contribution in [1.82, 2.24) is 10.2 Å². The Morgan fingerprint density at radius 1 is 0.944 bits per heavy atom. The minimum absolute atomic E-state index is 0.143. The fourth-order valence-corrected chi connectivity index (χ4v) is 3.98. The third kappa shape index (κ3) is 7.94. The summed E-state index contributed by atoms with van der Waals surface area (Å²) in [6.07, 6.45) is 0.333. The Balaban J connectivity index is 1.93. The molecular weight excluding hydrogens is 455 g/mol. The Hall–Kier alpha value is -3.67. The number of nitrogens with one attached hydrogen (secondary N) is 1. The average molecular weight is 491 g/mol. The number of halogens is 1. The fraction of sp³-hybridized carbons (Fsp3) is 0.333. The molecule has 6 heteroatoms. The summed E-state index contributed by atoms with van der Waals surface area (Å²) in [7, 11) is 0. The standard InChI is InChI=1S/C30H35FN2O3/c1-21-11-16-27(22(2)17-21)36-20-28(34)33(19-24-12-14-25(31)15-13-24)26(29(35)32-30(3,4)5)18-23-9-7-6-8-10-23/h6-17,26H,18-20H2,1-5H3,(H,32,35). The highest BCUT2D eigenvalue weighted by atomic mass is 19.1. The number of rotatable bonds is 9. The van der Waals surface area contributed by atoms with Crippen LogP contribution in [0.4, 0.5) is 4.39 Å². The number of amides is 2. The van der Waals surface area contributed by atoms with Gasteiger partial charge in [-0.3, -0.25) is 9.59 Å². The zero-order valence-corrected chi connectivity index (χ0v) is 21.7. The molecular formula is C30H35FN2O3. The highest BCUT2D eigenvalue weighted by Gasteiger charge is 2.32. The maximum Gasteiger partial charge on any atom is 0.261 e. The van der Waals surface area contributed by atoms with Gasteiger partial charge in [-0.05, 0) is 69.5 Å². The van der Waals surface area contributed by atoms with E-state index < -0.39 is 11.6 Å². The van der Waals surface area contributed by atoms with Crippen LogP contribution in [0.25, 0.3) is 0 Å². The van der Waals surface area contributed by atoms with Crippen molar-refractivity contribution in [3.8, 4) is 5.75 Å². The summed E-state index contributed by atoms with van der Waals surface area (Å²) in [5.74, 6) is -0.326. The van der Waals surface area contributed by atoms with Crippen molar-refractivity contribution in [2.75, 3.05) is 6.61 Å². The van der Waals surface area contributed by atoms with Crippen molar-refractivity contribution < 1.29 is 18.7 Å². The molecule has 3 aromatic rings. The molecule has 1 N–H and O–H groups in total. The van der Waals surface area contributed by atoms with Crippen LogP contribution in [0.15, 0.2) is 72.8 Å². The van der Waals surface area contributed by atoms with Gasteiger partial charge in [-0.15, -0.1) is 0 Å². The molecule has 190 valence electrons. The van der Waals surface area contributed by atoms with E-state index in [2.05, 4.69) is 5.32 Å². The number of aryl methyl sites for hydroxylation is 2. The molecule has 0 saturated carbocycles. The van der Waals surface area contributed by atoms with E-state index in [-0.39, 0.29) is 30.8 Å². The number of hydrogen-bond donors (Lipinski definition) is 1. The minimum Gasteiger partial charge on any atom is -0.483 e. The monoisotopic (exact) mass is 490 g/mol. The van der Waals surface area contributed by atoms with E-state index in [0.29, 0.717) is 12.2 Å². The zero-order valence-electron chi connectivity index (χ0n) is 21.7. The molecule has 0 spiro atoms. The summed E-state index contributed by atoms with van der Waals surface area (Å²) in [4.78, 5) is 28.7. The lowest BCUT2D eigenvalue weighted by atomic mass is 10.0. The van der Waals surface area contributed by atoms with Gasteiger partial charge in [0.05, 0.1) is 0 Å². The molecule has 5 nitrogen and oxygen atoms in total. The molecule has 0 fully saturated rings. The van der Waals surface area contributed by atoms with E-state index in [4.69, 9.17) is 4.74 Å². The van der Waals surface area contributed by atoms with Gasteiger partial charge in [-0.1, -0.05) is 60.2 Å². The maximum atomic E-state index is 13.6. The molecule has 0 aromatic heterocycles. The highest BCUT2D eigenvalue weighted by Crippen LogP contribution is 2.20. The van der Waals surface area contributed by atoms with Crippen LogP contribution in [0.5, 0.6) is 5.75 Å². The van der Waals surface area contributed by atoms with Gasteiger partial charge >= 0.3 is 0 Å². The largest absolute Gasteiger partial charge is 0.483 e. The molecule has 0 aliphatic rings. The molecule has 0 radical (unpaired) electrons. The normalized spacial score (nSPS) is 12.1. The summed E-state index contributed by atoms with van der Waals surface area (Å²) < 4.78 is 19.4. The first-order valence-electron chi connectivity index (χ1n) is 12.1. The summed E-state index contributed by atoms with van der Waals surface area (Å²) in [6.45, 7) is 9.55. The first-order chi connectivity index (χ1) is 17.0. The smallest absolute Gasteiger partial charge is 0.261 e. The third-order valence-electron chi connectivity index (χ3n) is 5.72. The summed E-state index contributed by atoms with van der Waals surface area (Å²) in [5, 5.41) is 3.03. The molecule has 3 rings (SSSR count). The molecule has 0 saturated heterocycles. The molecule has 0 aliphatic carbocycles. The van der Waals surface area contributed by atoms with E-state index in [1.807, 2.05) is 83.1 Å². The van der Waals surface area contributed by atoms with E-state index >= 15 is 0 Å². The van der Waals surface area contributed by atoms with Gasteiger partial charge < -0.3 is 15.0 Å². The zero-order chi connectivity index (χ0) is 26.3. The molecule has 1 atom stereocenters. The number of nitrogens with zero attached hydrogens (tertiary/aromatic N) is 1. The van der Waals surface area contributed by atoms with Crippen LogP contribution in [0.2, 0.25) is 0 Å². The van der Waals surface area contributed by atoms with Crippen LogP contribution >= 0.6 is 0 Å². The quantitative estimate of drug-likeness (QED) is 0.438. The van der Waals surface area contributed by atoms with E-state index in [1.54, 1.807) is 12.1 Å². The molecule has 0 heterocycles. The van der Waals surface area contributed by atoms with Crippen LogP contribution in [0, 0.1) is 19.7 Å². The van der Waals surface area contributed by atoms with Crippen molar-refractivity contribution in [2.24, 2.45) is 0 Å². The van der Waals surface area contributed by atoms with E-state index in [9.17, 15) is 14.0 Å². The van der Waals surface area contributed by atoms with Gasteiger partial charge in [-0.25, -0.2) is 4.39 Å². The van der Waals surface area contributed by atoms with Crippen LogP contribution in [-0.4, -0.2) is 34.9 Å². The number of hydrogen-bond acceptors (Lipinski definition) is 3. The lowest BCUT2D eigenvalue weighted by Gasteiger charge is -2.33. The predicted octanol–water partition coefficient (Wildman–Crippen LogP) is 5.38. The Bertz CT molecular complexity index is 1170. The Morgan fingerprint density at radius 3 is 2.22 bits per heavy atom. The van der Waals surface area contributed by atoms with Gasteiger partial charge in [0, 0.05) is 18.5 Å². The number of benzene rings is 3. The molecule has 0 aliphatic heterocycles. The molecule has 36 heavy (non-hydrogen) atoms. The van der Waals surface area contributed by atoms with Crippen LogP contribution in [-0.2, 0) is 22.6 Å². The third-order valence-corrected chi connectivity index (χ3v) is 5.72. The lowest BCUT2D eigenvalue weighted by molar-refractivity contribution is -0.143. The van der Waals surface area contributed by atoms with Gasteiger partial charge in [0.25, 0.3) is 5.91 Å². The van der Waals surface area contributed by atoms with Crippen LogP contribution in [0.3, 0.4) is 0 Å². The summed E-state index contributed by atoms with van der Waals surface area (Å²) in [5.41, 5.74) is 3.20. The second-order valence-corrected chi connectivity index (χ2v) is 10.2. The number of carbonyl (C=O) groups is 2. The minimum atomic E-state index is -0.785. The van der Waals surface area contributed by atoms with Crippen molar-refractivity contribution >= 4 is 11.8 Å². The van der Waals surface area contributed by atoms with Crippen molar-refractivity contribution in [1.29, 1.82) is 0 Å². The summed E-state index contributed by atoms with van der Waals surface area (Å²) in [6, 6.07) is 20.5. The Labute approximate surface area is 213 Å². The first-order valence-corrected chi connectivity index (χ1v) is 12.1. The average Bonchev–Trinajstić information content (AvgIpc) is 2.81. The van der Waals surface area contributed by atoms with E-state index in [0.717, 1.165) is 22.3 Å². The highest BCUT2D eigenvalue weighted by molar-refractivity contribution is 5.89. The van der Waals surface area contributed by atoms with Gasteiger partial charge in [0.2, 0.25) is 5.91 Å². The number of carbonyl (C=O) groups excluding carboxylic acids is 2. The Morgan fingerprint density at radius 2 is 1.61 bits per heavy atom. The van der Waals surface area contributed by atoms with Crippen molar-refractivity contribution in [3.05, 3.63) is 101 Å². The molecule has 0 bridgehead atoms. The molecule has 1 unspecified atom stereocenters. The first kappa shape index (κ1) is 26.9.